The van der Waals surface area contributed by atoms with Crippen LogP contribution in [0.25, 0.3) is 0 Å². The highest BCUT2D eigenvalue weighted by molar-refractivity contribution is 5.96. The standard InChI is InChI=1S/C20H21FN2O2/c1-14-6-7-17(12-15(14)2)20(25)23-10-8-22(9-11-23)19(24)16-4-3-5-18(21)13-16/h3-7,12-13H,8-11H2,1-2H3. The minimum Gasteiger partial charge on any atom is -0.335 e. The molecule has 0 radical (unpaired) electrons. The number of amides is 2. The van der Waals surface area contributed by atoms with Crippen molar-refractivity contribution in [2.24, 2.45) is 0 Å². The van der Waals surface area contributed by atoms with Gasteiger partial charge in [-0.1, -0.05) is 12.1 Å². The summed E-state index contributed by atoms with van der Waals surface area (Å²) in [7, 11) is 0. The van der Waals surface area contributed by atoms with E-state index in [0.717, 1.165) is 11.1 Å². The normalized spacial score (nSPS) is 14.5. The first-order valence-corrected chi connectivity index (χ1v) is 8.37. The van der Waals surface area contributed by atoms with Gasteiger partial charge in [0.1, 0.15) is 5.82 Å². The maximum Gasteiger partial charge on any atom is 0.254 e. The Morgan fingerprint density at radius 2 is 1.36 bits per heavy atom. The average molecular weight is 340 g/mol. The number of rotatable bonds is 2. The van der Waals surface area contributed by atoms with Crippen molar-refractivity contribution in [2.45, 2.75) is 13.8 Å². The summed E-state index contributed by atoms with van der Waals surface area (Å²) in [5, 5.41) is 0. The van der Waals surface area contributed by atoms with E-state index in [1.54, 1.807) is 15.9 Å². The van der Waals surface area contributed by atoms with E-state index in [-0.39, 0.29) is 11.8 Å². The van der Waals surface area contributed by atoms with E-state index in [4.69, 9.17) is 0 Å². The van der Waals surface area contributed by atoms with E-state index in [0.29, 0.717) is 37.3 Å². The predicted molar refractivity (Wildman–Crippen MR) is 94.1 cm³/mol. The minimum atomic E-state index is -0.422. The van der Waals surface area contributed by atoms with Crippen LogP contribution >= 0.6 is 0 Å². The van der Waals surface area contributed by atoms with Crippen LogP contribution in [0.5, 0.6) is 0 Å². The van der Waals surface area contributed by atoms with Crippen molar-refractivity contribution in [2.75, 3.05) is 26.2 Å². The van der Waals surface area contributed by atoms with Crippen molar-refractivity contribution >= 4 is 11.8 Å². The Morgan fingerprint density at radius 3 is 1.88 bits per heavy atom. The van der Waals surface area contributed by atoms with Gasteiger partial charge in [0, 0.05) is 37.3 Å². The lowest BCUT2D eigenvalue weighted by Gasteiger charge is -2.35. The van der Waals surface area contributed by atoms with Gasteiger partial charge in [-0.25, -0.2) is 4.39 Å². The molecule has 130 valence electrons. The van der Waals surface area contributed by atoms with Crippen LogP contribution in [-0.2, 0) is 0 Å². The Labute approximate surface area is 146 Å². The first kappa shape index (κ1) is 17.1. The zero-order valence-corrected chi connectivity index (χ0v) is 14.5. The average Bonchev–Trinajstić information content (AvgIpc) is 2.63. The van der Waals surface area contributed by atoms with E-state index in [1.807, 2.05) is 32.0 Å². The molecule has 25 heavy (non-hydrogen) atoms. The van der Waals surface area contributed by atoms with Gasteiger partial charge in [0.25, 0.3) is 11.8 Å². The second kappa shape index (κ2) is 7.05. The molecule has 1 saturated heterocycles. The Morgan fingerprint density at radius 1 is 0.800 bits per heavy atom. The van der Waals surface area contributed by atoms with Crippen molar-refractivity contribution in [1.82, 2.24) is 9.80 Å². The largest absolute Gasteiger partial charge is 0.335 e. The molecule has 0 unspecified atom stereocenters. The smallest absolute Gasteiger partial charge is 0.254 e. The topological polar surface area (TPSA) is 40.6 Å². The number of hydrogen-bond donors (Lipinski definition) is 0. The van der Waals surface area contributed by atoms with Crippen LogP contribution in [0.15, 0.2) is 42.5 Å². The van der Waals surface area contributed by atoms with Gasteiger partial charge < -0.3 is 9.80 Å². The number of aryl methyl sites for hydroxylation is 2. The number of halogens is 1. The number of benzene rings is 2. The van der Waals surface area contributed by atoms with Gasteiger partial charge in [0.2, 0.25) is 0 Å². The van der Waals surface area contributed by atoms with Crippen LogP contribution in [0, 0.1) is 19.7 Å². The summed E-state index contributed by atoms with van der Waals surface area (Å²) >= 11 is 0. The predicted octanol–water partition coefficient (Wildman–Crippen LogP) is 3.04. The third-order valence-electron chi connectivity index (χ3n) is 4.68. The van der Waals surface area contributed by atoms with Gasteiger partial charge in [-0.05, 0) is 55.3 Å². The third-order valence-corrected chi connectivity index (χ3v) is 4.68. The lowest BCUT2D eigenvalue weighted by molar-refractivity contribution is 0.0535. The molecule has 0 aromatic heterocycles. The summed E-state index contributed by atoms with van der Waals surface area (Å²) in [6.07, 6.45) is 0. The summed E-state index contributed by atoms with van der Waals surface area (Å²) in [4.78, 5) is 28.5. The molecule has 3 rings (SSSR count). The first-order valence-electron chi connectivity index (χ1n) is 8.37. The van der Waals surface area contributed by atoms with Gasteiger partial charge >= 0.3 is 0 Å². The fraction of sp³-hybridized carbons (Fsp3) is 0.300. The molecule has 1 aliphatic heterocycles. The summed E-state index contributed by atoms with van der Waals surface area (Å²) < 4.78 is 13.3. The quantitative estimate of drug-likeness (QED) is 0.843. The van der Waals surface area contributed by atoms with E-state index in [1.165, 1.54) is 18.2 Å². The Hall–Kier alpha value is -2.69. The third kappa shape index (κ3) is 3.71. The lowest BCUT2D eigenvalue weighted by Crippen LogP contribution is -2.50. The fourth-order valence-electron chi connectivity index (χ4n) is 2.97. The number of hydrogen-bond acceptors (Lipinski definition) is 2. The maximum absolute atomic E-state index is 13.3. The number of piperazine rings is 1. The van der Waals surface area contributed by atoms with Gasteiger partial charge in [-0.2, -0.15) is 0 Å². The highest BCUT2D eigenvalue weighted by atomic mass is 19.1. The molecule has 1 heterocycles. The molecule has 1 aliphatic rings. The van der Waals surface area contributed by atoms with Crippen LogP contribution in [0.3, 0.4) is 0 Å². The molecule has 0 aliphatic carbocycles. The van der Waals surface area contributed by atoms with Crippen molar-refractivity contribution in [1.29, 1.82) is 0 Å². The van der Waals surface area contributed by atoms with E-state index < -0.39 is 5.82 Å². The van der Waals surface area contributed by atoms with Crippen molar-refractivity contribution in [3.8, 4) is 0 Å². The molecule has 0 bridgehead atoms. The van der Waals surface area contributed by atoms with E-state index >= 15 is 0 Å². The van der Waals surface area contributed by atoms with Gasteiger partial charge in [-0.3, -0.25) is 9.59 Å². The SMILES string of the molecule is Cc1ccc(C(=O)N2CCN(C(=O)c3cccc(F)c3)CC2)cc1C. The van der Waals surface area contributed by atoms with Crippen LogP contribution in [0.1, 0.15) is 31.8 Å². The molecule has 0 saturated carbocycles. The maximum atomic E-state index is 13.3. The van der Waals surface area contributed by atoms with E-state index in [2.05, 4.69) is 0 Å². The Kier molecular flexibility index (Phi) is 4.83. The summed E-state index contributed by atoms with van der Waals surface area (Å²) in [5.74, 6) is -0.631. The van der Waals surface area contributed by atoms with Gasteiger partial charge in [0.15, 0.2) is 0 Å². The van der Waals surface area contributed by atoms with Crippen LogP contribution in [0.2, 0.25) is 0 Å². The molecule has 4 nitrogen and oxygen atoms in total. The van der Waals surface area contributed by atoms with Crippen molar-refractivity contribution in [3.05, 3.63) is 70.5 Å². The van der Waals surface area contributed by atoms with Crippen LogP contribution in [0.4, 0.5) is 4.39 Å². The first-order chi connectivity index (χ1) is 12.0. The molecule has 2 amide bonds. The highest BCUT2D eigenvalue weighted by Gasteiger charge is 2.25. The number of nitrogens with zero attached hydrogens (tertiary/aromatic N) is 2. The molecule has 0 N–H and O–H groups in total. The second-order valence-electron chi connectivity index (χ2n) is 6.39. The molecular formula is C20H21FN2O2. The Bertz CT molecular complexity index is 811. The minimum absolute atomic E-state index is 0.0130. The second-order valence-corrected chi connectivity index (χ2v) is 6.39. The fourth-order valence-corrected chi connectivity index (χ4v) is 2.97. The molecule has 0 atom stereocenters. The molecule has 2 aromatic rings. The molecule has 2 aromatic carbocycles. The zero-order chi connectivity index (χ0) is 18.0. The molecule has 0 spiro atoms. The number of carbonyl (C=O) groups is 2. The highest BCUT2D eigenvalue weighted by Crippen LogP contribution is 2.15. The summed E-state index contributed by atoms with van der Waals surface area (Å²) in [6.45, 7) is 5.86. The zero-order valence-electron chi connectivity index (χ0n) is 14.5. The Balaban J connectivity index is 1.64. The van der Waals surface area contributed by atoms with Crippen molar-refractivity contribution in [3.63, 3.8) is 0 Å². The number of carbonyl (C=O) groups excluding carboxylic acids is 2. The lowest BCUT2D eigenvalue weighted by atomic mass is 10.1. The summed E-state index contributed by atoms with van der Waals surface area (Å²) in [6, 6.07) is 11.4. The van der Waals surface area contributed by atoms with Crippen LogP contribution < -0.4 is 0 Å². The molecular weight excluding hydrogens is 319 g/mol. The summed E-state index contributed by atoms with van der Waals surface area (Å²) in [5.41, 5.74) is 3.26. The van der Waals surface area contributed by atoms with E-state index in [9.17, 15) is 14.0 Å². The van der Waals surface area contributed by atoms with Gasteiger partial charge in [0.05, 0.1) is 0 Å². The molecule has 1 fully saturated rings. The van der Waals surface area contributed by atoms with Crippen molar-refractivity contribution < 1.29 is 14.0 Å². The van der Waals surface area contributed by atoms with Crippen LogP contribution in [-0.4, -0.2) is 47.8 Å². The van der Waals surface area contributed by atoms with Gasteiger partial charge in [-0.15, -0.1) is 0 Å². The monoisotopic (exact) mass is 340 g/mol. The molecule has 5 heteroatoms.